The van der Waals surface area contributed by atoms with E-state index >= 15 is 0 Å². The van der Waals surface area contributed by atoms with Gasteiger partial charge in [0.2, 0.25) is 5.91 Å². The predicted octanol–water partition coefficient (Wildman–Crippen LogP) is 2.93. The first-order chi connectivity index (χ1) is 7.97. The van der Waals surface area contributed by atoms with Crippen molar-refractivity contribution in [3.8, 4) is 0 Å². The molecule has 0 radical (unpaired) electrons. The number of rotatable bonds is 9. The Hall–Kier alpha value is -0.860. The van der Waals surface area contributed by atoms with Crippen molar-refractivity contribution in [2.45, 2.75) is 65.8 Å². The van der Waals surface area contributed by atoms with Crippen molar-refractivity contribution in [2.24, 2.45) is 11.8 Å². The smallest absolute Gasteiger partial charge is 0.220 e. The normalized spacial score (nSPS) is 12.8. The molecule has 1 unspecified atom stereocenters. The van der Waals surface area contributed by atoms with Gasteiger partial charge in [-0.1, -0.05) is 47.0 Å². The third-order valence-corrected chi connectivity index (χ3v) is 2.88. The zero-order valence-corrected chi connectivity index (χ0v) is 11.7. The van der Waals surface area contributed by atoms with E-state index in [4.69, 9.17) is 0 Å². The van der Waals surface area contributed by atoms with Gasteiger partial charge in [0.1, 0.15) is 6.29 Å². The summed E-state index contributed by atoms with van der Waals surface area (Å²) in [6.45, 7) is 8.29. The molecule has 0 aliphatic carbocycles. The van der Waals surface area contributed by atoms with E-state index in [1.54, 1.807) is 0 Å². The standard InChI is InChI=1S/C14H27NO2/c1-11(2)8-6-5-7-9-14(17)15-13(10-16)12(3)4/h10-13H,5-9H2,1-4H3,(H,15,17). The Balaban J connectivity index is 3.62. The third-order valence-electron chi connectivity index (χ3n) is 2.88. The fourth-order valence-corrected chi connectivity index (χ4v) is 1.63. The molecule has 3 nitrogen and oxygen atoms in total. The maximum absolute atomic E-state index is 11.5. The Kier molecular flexibility index (Phi) is 8.73. The molecule has 0 aliphatic rings. The molecule has 0 heterocycles. The quantitative estimate of drug-likeness (QED) is 0.498. The second-order valence-corrected chi connectivity index (χ2v) is 5.47. The molecule has 0 saturated carbocycles. The number of aldehydes is 1. The number of nitrogens with one attached hydrogen (secondary N) is 1. The third kappa shape index (κ3) is 8.90. The van der Waals surface area contributed by atoms with Gasteiger partial charge in [0.15, 0.2) is 0 Å². The average molecular weight is 241 g/mol. The van der Waals surface area contributed by atoms with Crippen molar-refractivity contribution in [3.05, 3.63) is 0 Å². The minimum Gasteiger partial charge on any atom is -0.346 e. The maximum Gasteiger partial charge on any atom is 0.220 e. The number of unbranched alkanes of at least 4 members (excludes halogenated alkanes) is 2. The van der Waals surface area contributed by atoms with Crippen molar-refractivity contribution >= 4 is 12.2 Å². The van der Waals surface area contributed by atoms with Crippen LogP contribution in [-0.2, 0) is 9.59 Å². The first kappa shape index (κ1) is 16.1. The van der Waals surface area contributed by atoms with Gasteiger partial charge in [-0.05, 0) is 18.3 Å². The zero-order chi connectivity index (χ0) is 13.3. The Morgan fingerprint density at radius 3 is 2.24 bits per heavy atom. The molecule has 0 saturated heterocycles. The van der Waals surface area contributed by atoms with Crippen LogP contribution >= 0.6 is 0 Å². The summed E-state index contributed by atoms with van der Waals surface area (Å²) in [4.78, 5) is 22.3. The van der Waals surface area contributed by atoms with Gasteiger partial charge in [0.25, 0.3) is 0 Å². The van der Waals surface area contributed by atoms with Gasteiger partial charge in [-0.25, -0.2) is 0 Å². The first-order valence-corrected chi connectivity index (χ1v) is 6.72. The fourth-order valence-electron chi connectivity index (χ4n) is 1.63. The molecule has 0 aliphatic heterocycles. The Morgan fingerprint density at radius 1 is 1.12 bits per heavy atom. The number of hydrogen-bond acceptors (Lipinski definition) is 2. The van der Waals surface area contributed by atoms with Crippen LogP contribution in [0, 0.1) is 11.8 Å². The minimum atomic E-state index is -0.335. The van der Waals surface area contributed by atoms with Crippen LogP contribution in [0.15, 0.2) is 0 Å². The lowest BCUT2D eigenvalue weighted by molar-refractivity contribution is -0.124. The molecule has 0 aromatic rings. The summed E-state index contributed by atoms with van der Waals surface area (Å²) in [5.74, 6) is 0.905. The Bertz CT molecular complexity index is 224. The highest BCUT2D eigenvalue weighted by Gasteiger charge is 2.14. The molecule has 0 aromatic carbocycles. The van der Waals surface area contributed by atoms with E-state index in [9.17, 15) is 9.59 Å². The second-order valence-electron chi connectivity index (χ2n) is 5.47. The monoisotopic (exact) mass is 241 g/mol. The van der Waals surface area contributed by atoms with E-state index in [1.165, 1.54) is 12.8 Å². The number of carbonyl (C=O) groups is 2. The molecular weight excluding hydrogens is 214 g/mol. The summed E-state index contributed by atoms with van der Waals surface area (Å²) in [6.07, 6.45) is 5.79. The molecule has 0 fully saturated rings. The van der Waals surface area contributed by atoms with Crippen LogP contribution in [0.4, 0.5) is 0 Å². The van der Waals surface area contributed by atoms with Gasteiger partial charge < -0.3 is 10.1 Å². The molecule has 1 atom stereocenters. The highest BCUT2D eigenvalue weighted by atomic mass is 16.2. The summed E-state index contributed by atoms with van der Waals surface area (Å²) >= 11 is 0. The molecule has 1 amide bonds. The maximum atomic E-state index is 11.5. The summed E-state index contributed by atoms with van der Waals surface area (Å²) in [5, 5.41) is 2.76. The van der Waals surface area contributed by atoms with Crippen LogP contribution in [0.3, 0.4) is 0 Å². The number of amides is 1. The van der Waals surface area contributed by atoms with E-state index in [0.717, 1.165) is 25.0 Å². The van der Waals surface area contributed by atoms with Gasteiger partial charge in [-0.2, -0.15) is 0 Å². The molecule has 17 heavy (non-hydrogen) atoms. The highest BCUT2D eigenvalue weighted by molar-refractivity contribution is 5.79. The first-order valence-electron chi connectivity index (χ1n) is 6.72. The van der Waals surface area contributed by atoms with Crippen molar-refractivity contribution in [1.82, 2.24) is 5.32 Å². The zero-order valence-electron chi connectivity index (χ0n) is 11.7. The molecule has 0 bridgehead atoms. The van der Waals surface area contributed by atoms with E-state index in [2.05, 4.69) is 19.2 Å². The lowest BCUT2D eigenvalue weighted by Crippen LogP contribution is -2.39. The van der Waals surface area contributed by atoms with Gasteiger partial charge >= 0.3 is 0 Å². The lowest BCUT2D eigenvalue weighted by Gasteiger charge is -2.16. The summed E-state index contributed by atoms with van der Waals surface area (Å²) in [6, 6.07) is -0.335. The highest BCUT2D eigenvalue weighted by Crippen LogP contribution is 2.09. The van der Waals surface area contributed by atoms with Gasteiger partial charge in [-0.3, -0.25) is 4.79 Å². The Morgan fingerprint density at radius 2 is 1.76 bits per heavy atom. The average Bonchev–Trinajstić information content (AvgIpc) is 2.24. The van der Waals surface area contributed by atoms with Crippen molar-refractivity contribution in [3.63, 3.8) is 0 Å². The van der Waals surface area contributed by atoms with Gasteiger partial charge in [-0.15, -0.1) is 0 Å². The van der Waals surface area contributed by atoms with Crippen LogP contribution in [0.5, 0.6) is 0 Å². The number of carbonyl (C=O) groups excluding carboxylic acids is 2. The van der Waals surface area contributed by atoms with Gasteiger partial charge in [0, 0.05) is 6.42 Å². The van der Waals surface area contributed by atoms with Crippen LogP contribution < -0.4 is 5.32 Å². The van der Waals surface area contributed by atoms with E-state index < -0.39 is 0 Å². The van der Waals surface area contributed by atoms with Crippen molar-refractivity contribution in [2.75, 3.05) is 0 Å². The topological polar surface area (TPSA) is 46.2 Å². The SMILES string of the molecule is CC(C)CCCCCC(=O)NC(C=O)C(C)C. The fraction of sp³-hybridized carbons (Fsp3) is 0.857. The molecule has 0 aromatic heterocycles. The summed E-state index contributed by atoms with van der Waals surface area (Å²) in [5.41, 5.74) is 0. The summed E-state index contributed by atoms with van der Waals surface area (Å²) < 4.78 is 0. The Labute approximate surface area is 105 Å². The molecular formula is C14H27NO2. The van der Waals surface area contributed by atoms with Crippen molar-refractivity contribution < 1.29 is 9.59 Å². The predicted molar refractivity (Wildman–Crippen MR) is 70.8 cm³/mol. The molecule has 3 heteroatoms. The van der Waals surface area contributed by atoms with Crippen LogP contribution in [0.25, 0.3) is 0 Å². The largest absolute Gasteiger partial charge is 0.346 e. The molecule has 1 N–H and O–H groups in total. The van der Waals surface area contributed by atoms with Crippen LogP contribution in [0.1, 0.15) is 59.8 Å². The lowest BCUT2D eigenvalue weighted by atomic mass is 10.0. The van der Waals surface area contributed by atoms with Crippen molar-refractivity contribution in [1.29, 1.82) is 0 Å². The van der Waals surface area contributed by atoms with E-state index in [1.807, 2.05) is 13.8 Å². The minimum absolute atomic E-state index is 0.000321. The molecule has 100 valence electrons. The summed E-state index contributed by atoms with van der Waals surface area (Å²) in [7, 11) is 0. The van der Waals surface area contributed by atoms with Crippen LogP contribution in [0.2, 0.25) is 0 Å². The van der Waals surface area contributed by atoms with E-state index in [-0.39, 0.29) is 17.9 Å². The van der Waals surface area contributed by atoms with E-state index in [0.29, 0.717) is 6.42 Å². The van der Waals surface area contributed by atoms with Gasteiger partial charge in [0.05, 0.1) is 6.04 Å². The second kappa shape index (κ2) is 9.20. The number of hydrogen-bond donors (Lipinski definition) is 1. The van der Waals surface area contributed by atoms with Crippen LogP contribution in [-0.4, -0.2) is 18.2 Å². The molecule has 0 spiro atoms. The molecule has 0 rings (SSSR count).